The van der Waals surface area contributed by atoms with Crippen molar-refractivity contribution in [3.05, 3.63) is 59.7 Å². The smallest absolute Gasteiger partial charge is 0.115 e. The van der Waals surface area contributed by atoms with Crippen molar-refractivity contribution in [2.24, 2.45) is 0 Å². The summed E-state index contributed by atoms with van der Waals surface area (Å²) in [6, 6.07) is 15.4. The molecular formula is C15H17NO. The predicted octanol–water partition coefficient (Wildman–Crippen LogP) is 3.15. The number of aromatic hydroxyl groups is 1. The van der Waals surface area contributed by atoms with Crippen molar-refractivity contribution < 1.29 is 5.11 Å². The molecule has 2 nitrogen and oxygen atoms in total. The standard InChI is InChI=1S/C15H17NO/c16-14-6-2-5-13(11-14)4-1-3-12-7-9-15(17)10-8-12/h2,5-11,17H,1,3-4,16H2. The van der Waals surface area contributed by atoms with E-state index >= 15 is 0 Å². The van der Waals surface area contributed by atoms with Gasteiger partial charge in [0.25, 0.3) is 0 Å². The summed E-state index contributed by atoms with van der Waals surface area (Å²) in [5.74, 6) is 0.324. The summed E-state index contributed by atoms with van der Waals surface area (Å²) >= 11 is 0. The molecule has 0 spiro atoms. The molecule has 0 atom stereocenters. The number of phenolic OH excluding ortho intramolecular Hbond substituents is 1. The minimum atomic E-state index is 0.324. The normalized spacial score (nSPS) is 10.4. The maximum atomic E-state index is 9.18. The van der Waals surface area contributed by atoms with E-state index in [9.17, 15) is 5.11 Å². The lowest BCUT2D eigenvalue weighted by molar-refractivity contribution is 0.475. The summed E-state index contributed by atoms with van der Waals surface area (Å²) in [4.78, 5) is 0. The molecule has 0 aliphatic carbocycles. The van der Waals surface area contributed by atoms with E-state index in [2.05, 4.69) is 6.07 Å². The van der Waals surface area contributed by atoms with Crippen LogP contribution in [0.2, 0.25) is 0 Å². The fourth-order valence-corrected chi connectivity index (χ4v) is 1.91. The molecule has 0 amide bonds. The molecule has 2 aromatic rings. The summed E-state index contributed by atoms with van der Waals surface area (Å²) in [7, 11) is 0. The van der Waals surface area contributed by atoms with Crippen LogP contribution >= 0.6 is 0 Å². The molecule has 0 heterocycles. The van der Waals surface area contributed by atoms with E-state index in [1.807, 2.05) is 30.3 Å². The number of hydrogen-bond donors (Lipinski definition) is 2. The molecule has 88 valence electrons. The van der Waals surface area contributed by atoms with E-state index in [1.165, 1.54) is 11.1 Å². The Morgan fingerprint density at radius 1 is 0.882 bits per heavy atom. The molecule has 2 aromatic carbocycles. The number of nitrogens with two attached hydrogens (primary N) is 1. The van der Waals surface area contributed by atoms with E-state index < -0.39 is 0 Å². The van der Waals surface area contributed by atoms with Gasteiger partial charge in [-0.15, -0.1) is 0 Å². The van der Waals surface area contributed by atoms with Gasteiger partial charge in [0.1, 0.15) is 5.75 Å². The summed E-state index contributed by atoms with van der Waals surface area (Å²) < 4.78 is 0. The minimum absolute atomic E-state index is 0.324. The van der Waals surface area contributed by atoms with Crippen LogP contribution in [0.5, 0.6) is 5.75 Å². The van der Waals surface area contributed by atoms with E-state index in [0.717, 1.165) is 24.9 Å². The lowest BCUT2D eigenvalue weighted by Gasteiger charge is -2.03. The van der Waals surface area contributed by atoms with Crippen molar-refractivity contribution >= 4 is 5.69 Å². The number of rotatable bonds is 4. The van der Waals surface area contributed by atoms with Crippen LogP contribution in [0.1, 0.15) is 17.5 Å². The molecule has 0 radical (unpaired) electrons. The zero-order valence-electron chi connectivity index (χ0n) is 9.76. The van der Waals surface area contributed by atoms with Crippen LogP contribution < -0.4 is 5.73 Å². The Morgan fingerprint density at radius 3 is 2.29 bits per heavy atom. The second-order valence-electron chi connectivity index (χ2n) is 4.27. The Labute approximate surface area is 102 Å². The number of anilines is 1. The molecule has 0 aromatic heterocycles. The second-order valence-corrected chi connectivity index (χ2v) is 4.27. The van der Waals surface area contributed by atoms with Gasteiger partial charge in [-0.25, -0.2) is 0 Å². The molecule has 0 saturated carbocycles. The van der Waals surface area contributed by atoms with Gasteiger partial charge in [0.2, 0.25) is 0 Å². The maximum absolute atomic E-state index is 9.18. The SMILES string of the molecule is Nc1cccc(CCCc2ccc(O)cc2)c1. The molecule has 3 N–H and O–H groups in total. The van der Waals surface area contributed by atoms with Crippen molar-refractivity contribution in [3.63, 3.8) is 0 Å². The summed E-state index contributed by atoms with van der Waals surface area (Å²) in [5.41, 5.74) is 9.09. The van der Waals surface area contributed by atoms with Crippen LogP contribution in [-0.2, 0) is 12.8 Å². The van der Waals surface area contributed by atoms with Crippen molar-refractivity contribution in [3.8, 4) is 5.75 Å². The molecule has 0 unspecified atom stereocenters. The topological polar surface area (TPSA) is 46.2 Å². The highest BCUT2D eigenvalue weighted by molar-refractivity contribution is 5.40. The molecular weight excluding hydrogens is 210 g/mol. The molecule has 2 heteroatoms. The highest BCUT2D eigenvalue weighted by atomic mass is 16.3. The third-order valence-corrected chi connectivity index (χ3v) is 2.82. The predicted molar refractivity (Wildman–Crippen MR) is 71.0 cm³/mol. The first kappa shape index (κ1) is 11.5. The van der Waals surface area contributed by atoms with Crippen molar-refractivity contribution in [2.45, 2.75) is 19.3 Å². The first-order valence-electron chi connectivity index (χ1n) is 5.86. The molecule has 0 aliphatic heterocycles. The first-order valence-corrected chi connectivity index (χ1v) is 5.86. The number of phenols is 1. The Kier molecular flexibility index (Phi) is 3.66. The van der Waals surface area contributed by atoms with Gasteiger partial charge in [0.05, 0.1) is 0 Å². The van der Waals surface area contributed by atoms with Crippen molar-refractivity contribution in [1.82, 2.24) is 0 Å². The third-order valence-electron chi connectivity index (χ3n) is 2.82. The first-order chi connectivity index (χ1) is 8.24. The molecule has 0 aliphatic rings. The van der Waals surface area contributed by atoms with E-state index in [-0.39, 0.29) is 0 Å². The van der Waals surface area contributed by atoms with Gasteiger partial charge >= 0.3 is 0 Å². The molecule has 2 rings (SSSR count). The zero-order chi connectivity index (χ0) is 12.1. The lowest BCUT2D eigenvalue weighted by atomic mass is 10.0. The largest absolute Gasteiger partial charge is 0.508 e. The lowest BCUT2D eigenvalue weighted by Crippen LogP contribution is -1.91. The monoisotopic (exact) mass is 227 g/mol. The van der Waals surface area contributed by atoms with Gasteiger partial charge < -0.3 is 10.8 Å². The Hall–Kier alpha value is -1.96. The zero-order valence-corrected chi connectivity index (χ0v) is 9.76. The molecule has 17 heavy (non-hydrogen) atoms. The highest BCUT2D eigenvalue weighted by Gasteiger charge is 1.96. The van der Waals surface area contributed by atoms with Crippen molar-refractivity contribution in [1.29, 1.82) is 0 Å². The Morgan fingerprint density at radius 2 is 1.59 bits per heavy atom. The maximum Gasteiger partial charge on any atom is 0.115 e. The van der Waals surface area contributed by atoms with E-state index in [0.29, 0.717) is 5.75 Å². The molecule has 0 bridgehead atoms. The average molecular weight is 227 g/mol. The molecule has 0 fully saturated rings. The third kappa shape index (κ3) is 3.52. The van der Waals surface area contributed by atoms with Gasteiger partial charge in [-0.05, 0) is 54.7 Å². The van der Waals surface area contributed by atoms with E-state index in [4.69, 9.17) is 5.73 Å². The number of nitrogen functional groups attached to an aromatic ring is 1. The van der Waals surface area contributed by atoms with Crippen LogP contribution in [0.3, 0.4) is 0 Å². The van der Waals surface area contributed by atoms with Gasteiger partial charge in [-0.3, -0.25) is 0 Å². The van der Waals surface area contributed by atoms with Gasteiger partial charge in [-0.1, -0.05) is 24.3 Å². The fraction of sp³-hybridized carbons (Fsp3) is 0.200. The van der Waals surface area contributed by atoms with Crippen molar-refractivity contribution in [2.75, 3.05) is 5.73 Å². The van der Waals surface area contributed by atoms with Crippen LogP contribution in [0.4, 0.5) is 5.69 Å². The van der Waals surface area contributed by atoms with Crippen LogP contribution in [0.25, 0.3) is 0 Å². The van der Waals surface area contributed by atoms with Gasteiger partial charge in [0, 0.05) is 5.69 Å². The van der Waals surface area contributed by atoms with Gasteiger partial charge in [0.15, 0.2) is 0 Å². The number of hydrogen-bond acceptors (Lipinski definition) is 2. The van der Waals surface area contributed by atoms with Crippen LogP contribution in [-0.4, -0.2) is 5.11 Å². The molecule has 0 saturated heterocycles. The number of aryl methyl sites for hydroxylation is 2. The average Bonchev–Trinajstić information content (AvgIpc) is 2.32. The second kappa shape index (κ2) is 5.39. The quantitative estimate of drug-likeness (QED) is 0.788. The summed E-state index contributed by atoms with van der Waals surface area (Å²) in [6.07, 6.45) is 3.15. The fourth-order valence-electron chi connectivity index (χ4n) is 1.91. The van der Waals surface area contributed by atoms with E-state index in [1.54, 1.807) is 12.1 Å². The summed E-state index contributed by atoms with van der Waals surface area (Å²) in [5, 5.41) is 9.18. The van der Waals surface area contributed by atoms with Crippen LogP contribution in [0, 0.1) is 0 Å². The van der Waals surface area contributed by atoms with Crippen LogP contribution in [0.15, 0.2) is 48.5 Å². The Balaban J connectivity index is 1.85. The Bertz CT molecular complexity index is 477. The van der Waals surface area contributed by atoms with Gasteiger partial charge in [-0.2, -0.15) is 0 Å². The highest BCUT2D eigenvalue weighted by Crippen LogP contribution is 2.13. The summed E-state index contributed by atoms with van der Waals surface area (Å²) in [6.45, 7) is 0. The number of benzene rings is 2. The minimum Gasteiger partial charge on any atom is -0.508 e.